The van der Waals surface area contributed by atoms with Crippen molar-refractivity contribution in [2.75, 3.05) is 0 Å². The molecule has 0 aliphatic rings. The normalized spacial score (nSPS) is 9.00. The Bertz CT molecular complexity index is 237. The zero-order chi connectivity index (χ0) is 7.94. The Morgan fingerprint density at radius 1 is 1.27 bits per heavy atom. The van der Waals surface area contributed by atoms with Gasteiger partial charge in [0.15, 0.2) is 0 Å². The monoisotopic (exact) mass is 211 g/mol. The van der Waals surface area contributed by atoms with E-state index in [1.165, 1.54) is 5.56 Å². The van der Waals surface area contributed by atoms with E-state index in [2.05, 4.69) is 18.2 Å². The number of hydrogen-bond acceptors (Lipinski definition) is 1. The van der Waals surface area contributed by atoms with E-state index in [9.17, 15) is 0 Å². The van der Waals surface area contributed by atoms with Gasteiger partial charge in [0.25, 0.3) is 0 Å². The van der Waals surface area contributed by atoms with E-state index < -0.39 is 0 Å². The number of nitriles is 1. The standard InChI is InChI=1S/C9H9NSe/c10-6-7-11-8-9-4-2-1-3-5-9/h1-5H,7-8H2. The quantitative estimate of drug-likeness (QED) is 0.551. The summed E-state index contributed by atoms with van der Waals surface area (Å²) in [5, 5.41) is 10.1. The molecule has 2 heteroatoms. The second-order valence-electron chi connectivity index (χ2n) is 2.14. The van der Waals surface area contributed by atoms with Crippen LogP contribution in [0.4, 0.5) is 0 Å². The molecule has 0 heterocycles. The zero-order valence-electron chi connectivity index (χ0n) is 6.16. The number of nitrogens with zero attached hydrogens (tertiary/aromatic N) is 1. The van der Waals surface area contributed by atoms with Crippen molar-refractivity contribution in [1.82, 2.24) is 0 Å². The average Bonchev–Trinajstić information content (AvgIpc) is 2.07. The summed E-state index contributed by atoms with van der Waals surface area (Å²) in [6.07, 6.45) is 0. The van der Waals surface area contributed by atoms with Crippen molar-refractivity contribution >= 4 is 15.0 Å². The van der Waals surface area contributed by atoms with Gasteiger partial charge in [-0.2, -0.15) is 0 Å². The van der Waals surface area contributed by atoms with Crippen LogP contribution in [0.3, 0.4) is 0 Å². The van der Waals surface area contributed by atoms with Gasteiger partial charge in [-0.3, -0.25) is 0 Å². The number of rotatable bonds is 3. The van der Waals surface area contributed by atoms with Crippen molar-refractivity contribution in [2.45, 2.75) is 10.6 Å². The fourth-order valence-electron chi connectivity index (χ4n) is 0.789. The Kier molecular flexibility index (Phi) is 3.75. The van der Waals surface area contributed by atoms with Crippen molar-refractivity contribution < 1.29 is 0 Å². The molecule has 1 aromatic carbocycles. The van der Waals surface area contributed by atoms with Gasteiger partial charge in [-0.15, -0.1) is 0 Å². The van der Waals surface area contributed by atoms with Crippen LogP contribution in [0.5, 0.6) is 0 Å². The van der Waals surface area contributed by atoms with Crippen LogP contribution in [-0.4, -0.2) is 15.0 Å². The first-order valence-electron chi connectivity index (χ1n) is 3.42. The van der Waals surface area contributed by atoms with Crippen LogP contribution in [0, 0.1) is 11.3 Å². The molecular formula is C9H9NSe. The first-order valence-corrected chi connectivity index (χ1v) is 5.84. The summed E-state index contributed by atoms with van der Waals surface area (Å²) < 4.78 is 0. The third-order valence-corrected chi connectivity index (χ3v) is 3.10. The van der Waals surface area contributed by atoms with Crippen LogP contribution in [-0.2, 0) is 5.32 Å². The molecule has 0 aliphatic heterocycles. The molecular weight excluding hydrogens is 201 g/mol. The third kappa shape index (κ3) is 3.23. The van der Waals surface area contributed by atoms with Crippen LogP contribution in [0.2, 0.25) is 5.32 Å². The molecule has 0 bridgehead atoms. The fraction of sp³-hybridized carbons (Fsp3) is 0.222. The second kappa shape index (κ2) is 4.96. The Hall–Kier alpha value is -0.771. The summed E-state index contributed by atoms with van der Waals surface area (Å²) in [6.45, 7) is 0. The van der Waals surface area contributed by atoms with E-state index >= 15 is 0 Å². The van der Waals surface area contributed by atoms with Crippen LogP contribution in [0.25, 0.3) is 0 Å². The Morgan fingerprint density at radius 2 is 2.00 bits per heavy atom. The second-order valence-corrected chi connectivity index (χ2v) is 4.20. The van der Waals surface area contributed by atoms with Gasteiger partial charge in [0.1, 0.15) is 0 Å². The predicted molar refractivity (Wildman–Crippen MR) is 46.3 cm³/mol. The van der Waals surface area contributed by atoms with Crippen molar-refractivity contribution in [3.8, 4) is 6.07 Å². The minimum absolute atomic E-state index is 0.468. The summed E-state index contributed by atoms with van der Waals surface area (Å²) in [4.78, 5) is 0. The fourth-order valence-corrected chi connectivity index (χ4v) is 2.09. The first-order chi connectivity index (χ1) is 5.43. The van der Waals surface area contributed by atoms with E-state index in [0.717, 1.165) is 10.6 Å². The molecule has 0 amide bonds. The molecule has 11 heavy (non-hydrogen) atoms. The van der Waals surface area contributed by atoms with Crippen LogP contribution in [0.15, 0.2) is 30.3 Å². The van der Waals surface area contributed by atoms with Crippen LogP contribution < -0.4 is 0 Å². The topological polar surface area (TPSA) is 23.8 Å². The number of hydrogen-bond donors (Lipinski definition) is 0. The minimum atomic E-state index is 0.468. The Morgan fingerprint density at radius 3 is 2.64 bits per heavy atom. The molecule has 56 valence electrons. The molecule has 0 saturated carbocycles. The van der Waals surface area contributed by atoms with E-state index in [1.807, 2.05) is 18.2 Å². The van der Waals surface area contributed by atoms with Crippen molar-refractivity contribution in [1.29, 1.82) is 5.26 Å². The van der Waals surface area contributed by atoms with E-state index in [4.69, 9.17) is 5.26 Å². The molecule has 0 unspecified atom stereocenters. The third-order valence-electron chi connectivity index (χ3n) is 1.28. The van der Waals surface area contributed by atoms with Gasteiger partial charge in [-0.25, -0.2) is 0 Å². The number of benzene rings is 1. The van der Waals surface area contributed by atoms with Gasteiger partial charge in [0.2, 0.25) is 0 Å². The van der Waals surface area contributed by atoms with Gasteiger partial charge in [0.05, 0.1) is 0 Å². The van der Waals surface area contributed by atoms with E-state index in [0.29, 0.717) is 15.0 Å². The van der Waals surface area contributed by atoms with Gasteiger partial charge in [0, 0.05) is 0 Å². The summed E-state index contributed by atoms with van der Waals surface area (Å²) >= 11 is 0.468. The summed E-state index contributed by atoms with van der Waals surface area (Å²) in [7, 11) is 0. The molecule has 1 nitrogen and oxygen atoms in total. The van der Waals surface area contributed by atoms with Crippen LogP contribution in [0.1, 0.15) is 5.56 Å². The molecule has 0 spiro atoms. The van der Waals surface area contributed by atoms with E-state index in [1.54, 1.807) is 0 Å². The first kappa shape index (κ1) is 8.33. The summed E-state index contributed by atoms with van der Waals surface area (Å²) in [5.41, 5.74) is 1.35. The molecule has 1 aromatic rings. The van der Waals surface area contributed by atoms with Gasteiger partial charge in [-0.1, -0.05) is 0 Å². The molecule has 1 rings (SSSR count). The summed E-state index contributed by atoms with van der Waals surface area (Å²) in [5.74, 6) is 0. The van der Waals surface area contributed by atoms with Crippen molar-refractivity contribution in [3.63, 3.8) is 0 Å². The van der Waals surface area contributed by atoms with E-state index in [-0.39, 0.29) is 0 Å². The molecule has 0 radical (unpaired) electrons. The van der Waals surface area contributed by atoms with Crippen LogP contribution >= 0.6 is 0 Å². The van der Waals surface area contributed by atoms with Crippen molar-refractivity contribution in [2.24, 2.45) is 0 Å². The predicted octanol–water partition coefficient (Wildman–Crippen LogP) is 1.83. The van der Waals surface area contributed by atoms with Crippen molar-refractivity contribution in [3.05, 3.63) is 35.9 Å². The molecule has 0 aliphatic carbocycles. The Labute approximate surface area is 73.2 Å². The molecule has 0 atom stereocenters. The zero-order valence-corrected chi connectivity index (χ0v) is 7.87. The SMILES string of the molecule is N#CC[Se]Cc1ccccc1. The molecule has 0 N–H and O–H groups in total. The molecule has 0 fully saturated rings. The van der Waals surface area contributed by atoms with Gasteiger partial charge < -0.3 is 0 Å². The average molecular weight is 210 g/mol. The molecule has 0 saturated heterocycles. The Balaban J connectivity index is 2.35. The maximum absolute atomic E-state index is 8.31. The summed E-state index contributed by atoms with van der Waals surface area (Å²) in [6, 6.07) is 12.5. The molecule has 0 aromatic heterocycles. The van der Waals surface area contributed by atoms with Gasteiger partial charge >= 0.3 is 72.8 Å². The van der Waals surface area contributed by atoms with Gasteiger partial charge in [-0.05, 0) is 0 Å². The maximum atomic E-state index is 8.31.